The highest BCUT2D eigenvalue weighted by molar-refractivity contribution is 7.89. The zero-order valence-electron chi connectivity index (χ0n) is 14.0. The van der Waals surface area contributed by atoms with Crippen molar-refractivity contribution in [3.8, 4) is 0 Å². The summed E-state index contributed by atoms with van der Waals surface area (Å²) in [6.07, 6.45) is 4.31. The van der Waals surface area contributed by atoms with Crippen LogP contribution in [0.2, 0.25) is 0 Å². The summed E-state index contributed by atoms with van der Waals surface area (Å²) >= 11 is 0. The van der Waals surface area contributed by atoms with Crippen LogP contribution in [0.3, 0.4) is 0 Å². The van der Waals surface area contributed by atoms with Crippen molar-refractivity contribution < 1.29 is 13.2 Å². The van der Waals surface area contributed by atoms with Gasteiger partial charge in [-0.25, -0.2) is 8.42 Å². The number of hydrogen-bond donors (Lipinski definition) is 2. The fraction of sp³-hybridized carbons (Fsp3) is 0.667. The van der Waals surface area contributed by atoms with Crippen LogP contribution in [-0.2, 0) is 17.1 Å². The van der Waals surface area contributed by atoms with E-state index in [2.05, 4.69) is 5.32 Å². The molecule has 0 spiro atoms. The standard InChI is InChI=1S/C15H26N4O3S/c1-15(2,11-16)17-14(20)13-9-12(10-18(13)3)23(21,22)19-7-5-4-6-8-19/h9-10H,4-8,11,16H2,1-3H3,(H,17,20). The predicted octanol–water partition coefficient (Wildman–Crippen LogP) is 0.667. The number of aromatic nitrogens is 1. The molecule has 0 radical (unpaired) electrons. The molecule has 0 aliphatic carbocycles. The molecule has 1 amide bonds. The second kappa shape index (κ2) is 6.62. The van der Waals surface area contributed by atoms with Crippen LogP contribution in [0.25, 0.3) is 0 Å². The second-order valence-corrected chi connectivity index (χ2v) is 8.62. The van der Waals surface area contributed by atoms with Gasteiger partial charge in [0, 0.05) is 38.4 Å². The zero-order valence-corrected chi connectivity index (χ0v) is 14.8. The number of hydrogen-bond acceptors (Lipinski definition) is 4. The number of sulfonamides is 1. The number of nitrogens with zero attached hydrogens (tertiary/aromatic N) is 2. The van der Waals surface area contributed by atoms with E-state index < -0.39 is 15.6 Å². The SMILES string of the molecule is Cn1cc(S(=O)(=O)N2CCCCC2)cc1C(=O)NC(C)(C)CN. The number of piperidine rings is 1. The van der Waals surface area contributed by atoms with Crippen LogP contribution in [0, 0.1) is 0 Å². The zero-order chi connectivity index (χ0) is 17.3. The molecule has 3 N–H and O–H groups in total. The Morgan fingerprint density at radius 2 is 1.91 bits per heavy atom. The van der Waals surface area contributed by atoms with Gasteiger partial charge in [0.15, 0.2) is 0 Å². The first-order valence-corrected chi connectivity index (χ1v) is 9.30. The van der Waals surface area contributed by atoms with Crippen LogP contribution in [0.5, 0.6) is 0 Å². The molecule has 1 aliphatic rings. The molecule has 0 aromatic carbocycles. The first-order chi connectivity index (χ1) is 10.7. The summed E-state index contributed by atoms with van der Waals surface area (Å²) in [6, 6.07) is 1.44. The first-order valence-electron chi connectivity index (χ1n) is 7.86. The molecule has 0 unspecified atom stereocenters. The van der Waals surface area contributed by atoms with E-state index in [4.69, 9.17) is 5.73 Å². The van der Waals surface area contributed by atoms with E-state index in [0.717, 1.165) is 19.3 Å². The number of amides is 1. The third kappa shape index (κ3) is 3.94. The van der Waals surface area contributed by atoms with Gasteiger partial charge in [0.1, 0.15) is 10.6 Å². The molecule has 1 saturated heterocycles. The Hall–Kier alpha value is -1.38. The summed E-state index contributed by atoms with van der Waals surface area (Å²) in [5.74, 6) is -0.331. The molecule has 2 rings (SSSR count). The number of rotatable bonds is 5. The minimum Gasteiger partial charge on any atom is -0.345 e. The van der Waals surface area contributed by atoms with E-state index in [1.807, 2.05) is 13.8 Å². The summed E-state index contributed by atoms with van der Waals surface area (Å²) in [5.41, 5.74) is 5.38. The summed E-state index contributed by atoms with van der Waals surface area (Å²) in [7, 11) is -1.87. The Bertz CT molecular complexity index is 673. The highest BCUT2D eigenvalue weighted by Crippen LogP contribution is 2.22. The molecule has 1 fully saturated rings. The average molecular weight is 342 g/mol. The molecule has 1 aliphatic heterocycles. The van der Waals surface area contributed by atoms with Gasteiger partial charge in [0.25, 0.3) is 5.91 Å². The van der Waals surface area contributed by atoms with Gasteiger partial charge >= 0.3 is 0 Å². The minimum absolute atomic E-state index is 0.164. The number of nitrogens with one attached hydrogen (secondary N) is 1. The van der Waals surface area contributed by atoms with Crippen molar-refractivity contribution >= 4 is 15.9 Å². The van der Waals surface area contributed by atoms with Gasteiger partial charge in [0.05, 0.1) is 0 Å². The maximum absolute atomic E-state index is 12.7. The average Bonchev–Trinajstić information content (AvgIpc) is 2.90. The topological polar surface area (TPSA) is 97.4 Å². The van der Waals surface area contributed by atoms with Gasteiger partial charge in [0.2, 0.25) is 10.0 Å². The van der Waals surface area contributed by atoms with E-state index in [1.165, 1.54) is 16.6 Å². The van der Waals surface area contributed by atoms with E-state index in [0.29, 0.717) is 25.3 Å². The Labute approximate surface area is 137 Å². The number of carbonyl (C=O) groups excluding carboxylic acids is 1. The monoisotopic (exact) mass is 342 g/mol. The van der Waals surface area contributed by atoms with Crippen molar-refractivity contribution in [1.29, 1.82) is 0 Å². The van der Waals surface area contributed by atoms with E-state index in [-0.39, 0.29) is 10.8 Å². The number of carbonyl (C=O) groups is 1. The Morgan fingerprint density at radius 3 is 2.48 bits per heavy atom. The molecule has 130 valence electrons. The lowest BCUT2D eigenvalue weighted by molar-refractivity contribution is 0.0907. The lowest BCUT2D eigenvalue weighted by Crippen LogP contribution is -2.49. The van der Waals surface area contributed by atoms with Crippen LogP contribution in [0.4, 0.5) is 0 Å². The molecular formula is C15H26N4O3S. The number of nitrogens with two attached hydrogens (primary N) is 1. The highest BCUT2D eigenvalue weighted by Gasteiger charge is 2.29. The molecule has 0 atom stereocenters. The Morgan fingerprint density at radius 1 is 1.30 bits per heavy atom. The van der Waals surface area contributed by atoms with E-state index in [1.54, 1.807) is 11.6 Å². The summed E-state index contributed by atoms with van der Waals surface area (Å²) < 4.78 is 28.4. The van der Waals surface area contributed by atoms with Gasteiger partial charge in [-0.15, -0.1) is 0 Å². The van der Waals surface area contributed by atoms with Crippen molar-refractivity contribution in [2.75, 3.05) is 19.6 Å². The molecular weight excluding hydrogens is 316 g/mol. The number of aryl methyl sites for hydroxylation is 1. The maximum atomic E-state index is 12.7. The fourth-order valence-electron chi connectivity index (χ4n) is 2.58. The van der Waals surface area contributed by atoms with Crippen LogP contribution in [0.1, 0.15) is 43.6 Å². The first kappa shape index (κ1) is 18.0. The van der Waals surface area contributed by atoms with Crippen molar-refractivity contribution in [3.05, 3.63) is 18.0 Å². The van der Waals surface area contributed by atoms with Crippen LogP contribution >= 0.6 is 0 Å². The summed E-state index contributed by atoms with van der Waals surface area (Å²) in [6.45, 7) is 5.01. The lowest BCUT2D eigenvalue weighted by atomic mass is 10.1. The lowest BCUT2D eigenvalue weighted by Gasteiger charge is -2.25. The van der Waals surface area contributed by atoms with Crippen LogP contribution in [-0.4, -0.2) is 48.4 Å². The Balaban J connectivity index is 2.25. The molecule has 23 heavy (non-hydrogen) atoms. The molecule has 1 aromatic heterocycles. The summed E-state index contributed by atoms with van der Waals surface area (Å²) in [5, 5.41) is 2.81. The maximum Gasteiger partial charge on any atom is 0.268 e. The van der Waals surface area contributed by atoms with Crippen LogP contribution in [0.15, 0.2) is 17.2 Å². The quantitative estimate of drug-likeness (QED) is 0.822. The molecule has 7 nitrogen and oxygen atoms in total. The van der Waals surface area contributed by atoms with Crippen molar-refractivity contribution in [3.63, 3.8) is 0 Å². The molecule has 2 heterocycles. The normalized spacial score (nSPS) is 17.2. The van der Waals surface area contributed by atoms with E-state index >= 15 is 0 Å². The summed E-state index contributed by atoms with van der Waals surface area (Å²) in [4.78, 5) is 12.5. The molecule has 0 saturated carbocycles. The van der Waals surface area contributed by atoms with Gasteiger partial charge in [-0.05, 0) is 32.8 Å². The largest absolute Gasteiger partial charge is 0.345 e. The van der Waals surface area contributed by atoms with Crippen molar-refractivity contribution in [2.24, 2.45) is 12.8 Å². The van der Waals surface area contributed by atoms with Crippen LogP contribution < -0.4 is 11.1 Å². The molecule has 1 aromatic rings. The predicted molar refractivity (Wildman–Crippen MR) is 88.6 cm³/mol. The molecule has 8 heteroatoms. The molecule has 0 bridgehead atoms. The third-order valence-electron chi connectivity index (χ3n) is 4.13. The third-order valence-corrected chi connectivity index (χ3v) is 5.99. The van der Waals surface area contributed by atoms with Gasteiger partial charge in [-0.1, -0.05) is 6.42 Å². The van der Waals surface area contributed by atoms with Gasteiger partial charge in [-0.2, -0.15) is 4.31 Å². The van der Waals surface area contributed by atoms with E-state index in [9.17, 15) is 13.2 Å². The van der Waals surface area contributed by atoms with Gasteiger partial charge < -0.3 is 15.6 Å². The van der Waals surface area contributed by atoms with Crippen molar-refractivity contribution in [2.45, 2.75) is 43.5 Å². The van der Waals surface area contributed by atoms with Crippen molar-refractivity contribution in [1.82, 2.24) is 14.2 Å². The fourth-order valence-corrected chi connectivity index (χ4v) is 4.17. The smallest absolute Gasteiger partial charge is 0.268 e. The second-order valence-electron chi connectivity index (χ2n) is 6.68. The minimum atomic E-state index is -3.54. The van der Waals surface area contributed by atoms with Gasteiger partial charge in [-0.3, -0.25) is 4.79 Å². The Kier molecular flexibility index (Phi) is 5.17. The highest BCUT2D eigenvalue weighted by atomic mass is 32.2.